The van der Waals surface area contributed by atoms with Crippen LogP contribution >= 0.6 is 11.6 Å². The molecule has 0 bridgehead atoms. The van der Waals surface area contributed by atoms with Crippen molar-refractivity contribution in [2.24, 2.45) is 0 Å². The maximum absolute atomic E-state index is 6.41. The number of aromatic nitrogens is 3. The summed E-state index contributed by atoms with van der Waals surface area (Å²) >= 11 is 6.41. The zero-order chi connectivity index (χ0) is 17.1. The summed E-state index contributed by atoms with van der Waals surface area (Å²) in [5.41, 5.74) is 3.41. The van der Waals surface area contributed by atoms with Crippen molar-refractivity contribution in [1.29, 1.82) is 0 Å². The number of hydrogen-bond donors (Lipinski definition) is 0. The lowest BCUT2D eigenvalue weighted by atomic mass is 10.1. The van der Waals surface area contributed by atoms with Gasteiger partial charge in [-0.2, -0.15) is 0 Å². The molecule has 2 aromatic heterocycles. The molecule has 0 saturated carbocycles. The van der Waals surface area contributed by atoms with Gasteiger partial charge in [-0.1, -0.05) is 48.0 Å². The Labute approximate surface area is 146 Å². The van der Waals surface area contributed by atoms with Crippen LogP contribution in [0.3, 0.4) is 0 Å². The van der Waals surface area contributed by atoms with Gasteiger partial charge in [-0.25, -0.2) is 15.0 Å². The van der Waals surface area contributed by atoms with Crippen molar-refractivity contribution < 1.29 is 0 Å². The van der Waals surface area contributed by atoms with E-state index in [1.165, 1.54) is 0 Å². The molecule has 1 aromatic carbocycles. The lowest BCUT2D eigenvalue weighted by Gasteiger charge is -2.08. The molecule has 120 valence electrons. The summed E-state index contributed by atoms with van der Waals surface area (Å²) in [5.74, 6) is 0.604. The molecule has 0 unspecified atom stereocenters. The van der Waals surface area contributed by atoms with Gasteiger partial charge in [0.2, 0.25) is 0 Å². The number of pyridine rings is 1. The number of nitrogens with zero attached hydrogens (tertiary/aromatic N) is 3. The molecule has 0 fully saturated rings. The van der Waals surface area contributed by atoms with E-state index in [2.05, 4.69) is 9.97 Å². The summed E-state index contributed by atoms with van der Waals surface area (Å²) in [6, 6.07) is 13.6. The Morgan fingerprint density at radius 3 is 2.33 bits per heavy atom. The third-order valence-corrected chi connectivity index (χ3v) is 4.11. The second kappa shape index (κ2) is 6.93. The summed E-state index contributed by atoms with van der Waals surface area (Å²) in [7, 11) is 0. The van der Waals surface area contributed by atoms with E-state index in [0.29, 0.717) is 10.8 Å². The van der Waals surface area contributed by atoms with E-state index >= 15 is 0 Å². The Morgan fingerprint density at radius 2 is 1.67 bits per heavy atom. The largest absolute Gasteiger partial charge is 0.250 e. The van der Waals surface area contributed by atoms with E-state index in [1.54, 1.807) is 0 Å². The molecular weight excluding hydrogens is 318 g/mol. The van der Waals surface area contributed by atoms with Gasteiger partial charge in [-0.05, 0) is 39.0 Å². The molecule has 3 aromatic rings. The summed E-state index contributed by atoms with van der Waals surface area (Å²) < 4.78 is 0. The predicted octanol–water partition coefficient (Wildman–Crippen LogP) is 3.77. The van der Waals surface area contributed by atoms with Crippen LogP contribution in [0.25, 0.3) is 34.9 Å². The van der Waals surface area contributed by atoms with Crippen molar-refractivity contribution in [1.82, 2.24) is 15.0 Å². The molecule has 0 saturated heterocycles. The summed E-state index contributed by atoms with van der Waals surface area (Å²) in [5, 5.41) is 2.52. The molecule has 4 heteroatoms. The summed E-state index contributed by atoms with van der Waals surface area (Å²) in [4.78, 5) is 14.0. The molecule has 0 aliphatic carbocycles. The maximum Gasteiger partial charge on any atom is 0.179 e. The Balaban J connectivity index is 2.37. The first-order valence-corrected chi connectivity index (χ1v) is 8.21. The van der Waals surface area contributed by atoms with Crippen molar-refractivity contribution in [2.75, 3.05) is 0 Å². The van der Waals surface area contributed by atoms with Crippen molar-refractivity contribution >= 4 is 23.8 Å². The number of hydrogen-bond acceptors (Lipinski definition) is 3. The molecule has 0 N–H and O–H groups in total. The Bertz CT molecular complexity index is 1010. The zero-order valence-electron chi connectivity index (χ0n) is 13.9. The van der Waals surface area contributed by atoms with Gasteiger partial charge in [0.15, 0.2) is 5.82 Å². The molecule has 0 spiro atoms. The van der Waals surface area contributed by atoms with Crippen molar-refractivity contribution in [3.8, 4) is 22.8 Å². The molecular formula is C20H18ClN3. The molecule has 0 radical (unpaired) electrons. The SMILES string of the molecule is C/C=c1/c(-c2ccccc2Cl)nc(-c2cccc(C)n2)n/c1=C/C. The van der Waals surface area contributed by atoms with Crippen molar-refractivity contribution in [3.63, 3.8) is 0 Å². The quantitative estimate of drug-likeness (QED) is 0.715. The minimum atomic E-state index is 0.604. The first kappa shape index (κ1) is 16.3. The van der Waals surface area contributed by atoms with Gasteiger partial charge < -0.3 is 0 Å². The van der Waals surface area contributed by atoms with Gasteiger partial charge in [-0.15, -0.1) is 0 Å². The molecule has 0 aliphatic heterocycles. The molecule has 3 rings (SSSR count). The zero-order valence-corrected chi connectivity index (χ0v) is 14.7. The van der Waals surface area contributed by atoms with Gasteiger partial charge in [0.25, 0.3) is 0 Å². The minimum Gasteiger partial charge on any atom is -0.250 e. The van der Waals surface area contributed by atoms with Gasteiger partial charge in [-0.3, -0.25) is 0 Å². The number of rotatable bonds is 2. The highest BCUT2D eigenvalue weighted by Gasteiger charge is 2.12. The van der Waals surface area contributed by atoms with Gasteiger partial charge in [0.1, 0.15) is 5.69 Å². The standard InChI is InChI=1S/C20H18ClN3/c1-4-14-17(5-2)23-20(18-12-8-9-13(3)22-18)24-19(14)15-10-6-7-11-16(15)21/h4-12H,1-3H3/b14-4+,17-5+. The van der Waals surface area contributed by atoms with E-state index in [9.17, 15) is 0 Å². The van der Waals surface area contributed by atoms with E-state index in [-0.39, 0.29) is 0 Å². The van der Waals surface area contributed by atoms with Gasteiger partial charge in [0, 0.05) is 21.5 Å². The molecule has 2 heterocycles. The fourth-order valence-corrected chi connectivity index (χ4v) is 2.86. The first-order valence-electron chi connectivity index (χ1n) is 7.83. The summed E-state index contributed by atoms with van der Waals surface area (Å²) in [6.45, 7) is 5.91. The van der Waals surface area contributed by atoms with E-state index in [0.717, 1.165) is 33.2 Å². The highest BCUT2D eigenvalue weighted by atomic mass is 35.5. The second-order valence-electron chi connectivity index (χ2n) is 5.42. The normalized spacial score (nSPS) is 12.7. The molecule has 24 heavy (non-hydrogen) atoms. The lowest BCUT2D eigenvalue weighted by molar-refractivity contribution is 1.08. The fourth-order valence-electron chi connectivity index (χ4n) is 2.63. The van der Waals surface area contributed by atoms with Crippen LogP contribution in [0.5, 0.6) is 0 Å². The van der Waals surface area contributed by atoms with Crippen LogP contribution in [0.4, 0.5) is 0 Å². The highest BCUT2D eigenvalue weighted by Crippen LogP contribution is 2.24. The van der Waals surface area contributed by atoms with Crippen LogP contribution in [0.1, 0.15) is 19.5 Å². The Hall–Kier alpha value is -2.52. The minimum absolute atomic E-state index is 0.604. The first-order chi connectivity index (χ1) is 11.6. The highest BCUT2D eigenvalue weighted by molar-refractivity contribution is 6.33. The van der Waals surface area contributed by atoms with Crippen LogP contribution in [-0.2, 0) is 0 Å². The summed E-state index contributed by atoms with van der Waals surface area (Å²) in [6.07, 6.45) is 4.00. The monoisotopic (exact) mass is 335 g/mol. The lowest BCUT2D eigenvalue weighted by Crippen LogP contribution is -2.32. The van der Waals surface area contributed by atoms with E-state index in [1.807, 2.05) is 75.4 Å². The maximum atomic E-state index is 6.41. The topological polar surface area (TPSA) is 38.7 Å². The third kappa shape index (κ3) is 3.08. The van der Waals surface area contributed by atoms with Gasteiger partial charge in [0.05, 0.1) is 11.0 Å². The molecule has 3 nitrogen and oxygen atoms in total. The van der Waals surface area contributed by atoms with Crippen LogP contribution < -0.4 is 10.6 Å². The Morgan fingerprint density at radius 1 is 0.875 bits per heavy atom. The number of benzene rings is 1. The van der Waals surface area contributed by atoms with Crippen LogP contribution in [0, 0.1) is 6.92 Å². The molecule has 0 aliphatic rings. The van der Waals surface area contributed by atoms with Crippen LogP contribution in [0.15, 0.2) is 42.5 Å². The smallest absolute Gasteiger partial charge is 0.179 e. The molecule has 0 amide bonds. The van der Waals surface area contributed by atoms with E-state index in [4.69, 9.17) is 16.6 Å². The van der Waals surface area contributed by atoms with Crippen molar-refractivity contribution in [3.05, 3.63) is 63.7 Å². The predicted molar refractivity (Wildman–Crippen MR) is 100.0 cm³/mol. The number of halogens is 1. The average Bonchev–Trinajstić information content (AvgIpc) is 2.61. The van der Waals surface area contributed by atoms with Crippen LogP contribution in [0.2, 0.25) is 5.02 Å². The van der Waals surface area contributed by atoms with Crippen molar-refractivity contribution in [2.45, 2.75) is 20.8 Å². The fraction of sp³-hybridized carbons (Fsp3) is 0.150. The second-order valence-corrected chi connectivity index (χ2v) is 5.82. The van der Waals surface area contributed by atoms with E-state index < -0.39 is 0 Å². The van der Waals surface area contributed by atoms with Crippen LogP contribution in [-0.4, -0.2) is 15.0 Å². The average molecular weight is 336 g/mol. The Kier molecular flexibility index (Phi) is 4.72. The van der Waals surface area contributed by atoms with Gasteiger partial charge >= 0.3 is 0 Å². The third-order valence-electron chi connectivity index (χ3n) is 3.78. The molecule has 0 atom stereocenters. The number of aryl methyl sites for hydroxylation is 1.